The molecule has 1 aromatic carbocycles. The number of aromatic hydroxyl groups is 1. The van der Waals surface area contributed by atoms with Crippen LogP contribution in [-0.2, 0) is 11.8 Å². The van der Waals surface area contributed by atoms with E-state index >= 15 is 0 Å². The second-order valence-corrected chi connectivity index (χ2v) is 6.17. The zero-order valence-corrected chi connectivity index (χ0v) is 11.4. The summed E-state index contributed by atoms with van der Waals surface area (Å²) in [6.07, 6.45) is 0.941. The normalized spacial score (nSPS) is 12.2. The predicted octanol–water partition coefficient (Wildman–Crippen LogP) is 4.20. The molecule has 0 aromatic heterocycles. The van der Waals surface area contributed by atoms with Gasteiger partial charge in [0.1, 0.15) is 5.75 Å². The van der Waals surface area contributed by atoms with Crippen molar-refractivity contribution in [3.63, 3.8) is 0 Å². The lowest BCUT2D eigenvalue weighted by Crippen LogP contribution is -2.13. The summed E-state index contributed by atoms with van der Waals surface area (Å²) in [6.45, 7) is 12.9. The quantitative estimate of drug-likeness (QED) is 0.792. The van der Waals surface area contributed by atoms with Crippen molar-refractivity contribution in [2.75, 3.05) is 0 Å². The molecule has 1 aromatic rings. The Morgan fingerprint density at radius 1 is 1.19 bits per heavy atom. The fraction of sp³-hybridized carbons (Fsp3) is 0.600. The van der Waals surface area contributed by atoms with Crippen molar-refractivity contribution in [2.24, 2.45) is 5.92 Å². The molecule has 0 heterocycles. The standard InChI is InChI=1S/C15H24O/c1-10(2)7-12-8-11(3)9-13(14(12)16)15(4,5)6/h8-10,16H,7H2,1-6H3. The first-order valence-corrected chi connectivity index (χ1v) is 6.04. The molecule has 0 aliphatic rings. The second-order valence-electron chi connectivity index (χ2n) is 6.17. The summed E-state index contributed by atoms with van der Waals surface area (Å²) >= 11 is 0. The van der Waals surface area contributed by atoms with Crippen LogP contribution in [0.4, 0.5) is 0 Å². The highest BCUT2D eigenvalue weighted by Crippen LogP contribution is 2.35. The lowest BCUT2D eigenvalue weighted by atomic mass is 9.83. The summed E-state index contributed by atoms with van der Waals surface area (Å²) in [5.41, 5.74) is 3.38. The molecular weight excluding hydrogens is 196 g/mol. The molecule has 1 nitrogen and oxygen atoms in total. The number of benzene rings is 1. The first-order chi connectivity index (χ1) is 7.21. The van der Waals surface area contributed by atoms with E-state index in [-0.39, 0.29) is 5.41 Å². The number of hydrogen-bond donors (Lipinski definition) is 1. The smallest absolute Gasteiger partial charge is 0.122 e. The van der Waals surface area contributed by atoms with Gasteiger partial charge in [-0.25, -0.2) is 0 Å². The molecule has 1 rings (SSSR count). The van der Waals surface area contributed by atoms with E-state index in [9.17, 15) is 5.11 Å². The minimum absolute atomic E-state index is 0.00182. The molecule has 0 saturated carbocycles. The third-order valence-corrected chi connectivity index (χ3v) is 2.77. The van der Waals surface area contributed by atoms with Crippen LogP contribution in [0.25, 0.3) is 0 Å². The second kappa shape index (κ2) is 4.48. The van der Waals surface area contributed by atoms with Crippen molar-refractivity contribution in [1.29, 1.82) is 0 Å². The highest BCUT2D eigenvalue weighted by molar-refractivity contribution is 5.46. The van der Waals surface area contributed by atoms with E-state index in [1.54, 1.807) is 0 Å². The van der Waals surface area contributed by atoms with Crippen molar-refractivity contribution >= 4 is 0 Å². The highest BCUT2D eigenvalue weighted by Gasteiger charge is 2.20. The van der Waals surface area contributed by atoms with Crippen LogP contribution in [0, 0.1) is 12.8 Å². The topological polar surface area (TPSA) is 20.2 Å². The van der Waals surface area contributed by atoms with Gasteiger partial charge in [-0.2, -0.15) is 0 Å². The van der Waals surface area contributed by atoms with Crippen LogP contribution in [0.15, 0.2) is 12.1 Å². The minimum Gasteiger partial charge on any atom is -0.507 e. The number of rotatable bonds is 2. The molecule has 0 aliphatic carbocycles. The monoisotopic (exact) mass is 220 g/mol. The van der Waals surface area contributed by atoms with Crippen LogP contribution in [0.3, 0.4) is 0 Å². The SMILES string of the molecule is Cc1cc(CC(C)C)c(O)c(C(C)(C)C)c1. The fourth-order valence-corrected chi connectivity index (χ4v) is 2.02. The molecule has 16 heavy (non-hydrogen) atoms. The number of aryl methyl sites for hydroxylation is 1. The summed E-state index contributed by atoms with van der Waals surface area (Å²) < 4.78 is 0. The molecule has 0 fully saturated rings. The van der Waals surface area contributed by atoms with Crippen molar-refractivity contribution in [3.8, 4) is 5.75 Å². The first-order valence-electron chi connectivity index (χ1n) is 6.04. The van der Waals surface area contributed by atoms with E-state index in [0.717, 1.165) is 17.5 Å². The number of phenols is 1. The lowest BCUT2D eigenvalue weighted by Gasteiger charge is -2.23. The van der Waals surface area contributed by atoms with Crippen LogP contribution < -0.4 is 0 Å². The number of phenolic OH excluding ortho intramolecular Hbond substituents is 1. The van der Waals surface area contributed by atoms with E-state index < -0.39 is 0 Å². The Balaban J connectivity index is 3.26. The van der Waals surface area contributed by atoms with Gasteiger partial charge in [0.2, 0.25) is 0 Å². The summed E-state index contributed by atoms with van der Waals surface area (Å²) in [5.74, 6) is 1.06. The average molecular weight is 220 g/mol. The fourth-order valence-electron chi connectivity index (χ4n) is 2.02. The van der Waals surface area contributed by atoms with Gasteiger partial charge in [-0.05, 0) is 35.8 Å². The van der Waals surface area contributed by atoms with Crippen LogP contribution >= 0.6 is 0 Å². The van der Waals surface area contributed by atoms with Gasteiger partial charge in [0, 0.05) is 0 Å². The van der Waals surface area contributed by atoms with Gasteiger partial charge in [0.05, 0.1) is 0 Å². The predicted molar refractivity (Wildman–Crippen MR) is 70.1 cm³/mol. The Kier molecular flexibility index (Phi) is 3.67. The van der Waals surface area contributed by atoms with E-state index in [1.165, 1.54) is 5.56 Å². The molecule has 0 unspecified atom stereocenters. The molecule has 0 atom stereocenters. The van der Waals surface area contributed by atoms with Gasteiger partial charge in [-0.1, -0.05) is 52.3 Å². The lowest BCUT2D eigenvalue weighted by molar-refractivity contribution is 0.435. The van der Waals surface area contributed by atoms with Crippen molar-refractivity contribution < 1.29 is 5.11 Å². The Morgan fingerprint density at radius 3 is 2.19 bits per heavy atom. The van der Waals surface area contributed by atoms with Gasteiger partial charge in [0.25, 0.3) is 0 Å². The Bertz CT molecular complexity index is 370. The van der Waals surface area contributed by atoms with Crippen LogP contribution in [0.5, 0.6) is 5.75 Å². The first kappa shape index (κ1) is 13.1. The molecule has 0 bridgehead atoms. The zero-order valence-electron chi connectivity index (χ0n) is 11.4. The molecular formula is C15H24O. The summed E-state index contributed by atoms with van der Waals surface area (Å²) in [6, 6.07) is 4.20. The Hall–Kier alpha value is -0.980. The Morgan fingerprint density at radius 2 is 1.75 bits per heavy atom. The maximum atomic E-state index is 10.3. The van der Waals surface area contributed by atoms with Crippen LogP contribution in [-0.4, -0.2) is 5.11 Å². The Labute approximate surface area is 99.5 Å². The van der Waals surface area contributed by atoms with Crippen LogP contribution in [0.1, 0.15) is 51.3 Å². The maximum Gasteiger partial charge on any atom is 0.122 e. The van der Waals surface area contributed by atoms with Gasteiger partial charge in [0.15, 0.2) is 0 Å². The van der Waals surface area contributed by atoms with Crippen molar-refractivity contribution in [1.82, 2.24) is 0 Å². The molecule has 1 N–H and O–H groups in total. The van der Waals surface area contributed by atoms with E-state index in [1.807, 2.05) is 0 Å². The summed E-state index contributed by atoms with van der Waals surface area (Å²) in [5, 5.41) is 10.3. The molecule has 0 radical (unpaired) electrons. The average Bonchev–Trinajstić information content (AvgIpc) is 2.07. The number of hydrogen-bond acceptors (Lipinski definition) is 1. The van der Waals surface area contributed by atoms with Gasteiger partial charge in [-0.3, -0.25) is 0 Å². The molecule has 0 aliphatic heterocycles. The van der Waals surface area contributed by atoms with Gasteiger partial charge < -0.3 is 5.11 Å². The minimum atomic E-state index is 0.00182. The van der Waals surface area contributed by atoms with Crippen molar-refractivity contribution in [3.05, 3.63) is 28.8 Å². The van der Waals surface area contributed by atoms with Gasteiger partial charge >= 0.3 is 0 Å². The summed E-state index contributed by atoms with van der Waals surface area (Å²) in [4.78, 5) is 0. The van der Waals surface area contributed by atoms with E-state index in [0.29, 0.717) is 11.7 Å². The third kappa shape index (κ3) is 3.01. The molecule has 90 valence electrons. The molecule has 1 heteroatoms. The highest BCUT2D eigenvalue weighted by atomic mass is 16.3. The van der Waals surface area contributed by atoms with E-state index in [4.69, 9.17) is 0 Å². The van der Waals surface area contributed by atoms with Crippen LogP contribution in [0.2, 0.25) is 0 Å². The largest absolute Gasteiger partial charge is 0.507 e. The third-order valence-electron chi connectivity index (χ3n) is 2.77. The van der Waals surface area contributed by atoms with Crippen molar-refractivity contribution in [2.45, 2.75) is 53.4 Å². The zero-order chi connectivity index (χ0) is 12.5. The maximum absolute atomic E-state index is 10.3. The molecule has 0 amide bonds. The van der Waals surface area contributed by atoms with Gasteiger partial charge in [-0.15, -0.1) is 0 Å². The van der Waals surface area contributed by atoms with E-state index in [2.05, 4.69) is 53.7 Å². The molecule has 0 spiro atoms. The summed E-state index contributed by atoms with van der Waals surface area (Å²) in [7, 11) is 0. The molecule has 0 saturated heterocycles.